The van der Waals surface area contributed by atoms with Gasteiger partial charge in [0, 0.05) is 45.1 Å². The lowest BCUT2D eigenvalue weighted by Crippen LogP contribution is -2.57. The molecular weight excluding hydrogens is 256 g/mol. The molecule has 0 amide bonds. The van der Waals surface area contributed by atoms with Crippen LogP contribution in [0.1, 0.15) is 32.6 Å². The molecule has 1 N–H and O–H groups in total. The van der Waals surface area contributed by atoms with Crippen molar-refractivity contribution in [3.63, 3.8) is 0 Å². The summed E-state index contributed by atoms with van der Waals surface area (Å²) in [6.45, 7) is 6.88. The molecule has 2 aliphatic heterocycles. The van der Waals surface area contributed by atoms with Crippen LogP contribution in [0, 0.1) is 0 Å². The maximum Gasteiger partial charge on any atom is 0.170 e. The summed E-state index contributed by atoms with van der Waals surface area (Å²) in [6.07, 6.45) is 4.66. The van der Waals surface area contributed by atoms with Crippen molar-refractivity contribution in [2.75, 3.05) is 40.0 Å². The van der Waals surface area contributed by atoms with Gasteiger partial charge in [-0.1, -0.05) is 6.92 Å². The first-order valence-corrected chi connectivity index (χ1v) is 8.04. The summed E-state index contributed by atoms with van der Waals surface area (Å²) in [7, 11) is 1.82. The lowest BCUT2D eigenvalue weighted by Gasteiger charge is -2.45. The number of hydrogen-bond acceptors (Lipinski definition) is 5. The number of likely N-dealkylation sites (tertiary alicyclic amines) is 1. The van der Waals surface area contributed by atoms with Crippen molar-refractivity contribution in [2.45, 2.75) is 56.6 Å². The molecule has 3 aliphatic rings. The maximum atomic E-state index is 5.94. The molecule has 5 heteroatoms. The Bertz CT molecular complexity index is 320. The minimum atomic E-state index is -0.304. The molecule has 0 aromatic rings. The van der Waals surface area contributed by atoms with Crippen molar-refractivity contribution in [3.05, 3.63) is 0 Å². The summed E-state index contributed by atoms with van der Waals surface area (Å²) in [5.74, 6) is -0.304. The first-order chi connectivity index (χ1) is 9.76. The van der Waals surface area contributed by atoms with Crippen LogP contribution >= 0.6 is 0 Å². The minimum absolute atomic E-state index is 0.304. The van der Waals surface area contributed by atoms with Gasteiger partial charge in [0.1, 0.15) is 0 Å². The highest BCUT2D eigenvalue weighted by Crippen LogP contribution is 2.38. The number of likely N-dealkylation sites (N-methyl/N-ethyl adjacent to an activating group) is 1. The Balaban J connectivity index is 1.69. The maximum absolute atomic E-state index is 5.94. The molecule has 1 aliphatic carbocycles. The highest BCUT2D eigenvalue weighted by molar-refractivity contribution is 4.98. The number of ether oxygens (including phenoxy) is 3. The fraction of sp³-hybridized carbons (Fsp3) is 1.00. The van der Waals surface area contributed by atoms with E-state index in [1.165, 1.54) is 0 Å². The van der Waals surface area contributed by atoms with Gasteiger partial charge in [0.25, 0.3) is 0 Å². The monoisotopic (exact) mass is 284 g/mol. The number of rotatable bonds is 4. The highest BCUT2D eigenvalue weighted by atomic mass is 16.7. The van der Waals surface area contributed by atoms with Crippen LogP contribution in [0.25, 0.3) is 0 Å². The molecule has 2 heterocycles. The second kappa shape index (κ2) is 6.28. The van der Waals surface area contributed by atoms with Crippen LogP contribution < -0.4 is 5.32 Å². The molecule has 20 heavy (non-hydrogen) atoms. The summed E-state index contributed by atoms with van der Waals surface area (Å²) in [5.41, 5.74) is 0. The third kappa shape index (κ3) is 2.88. The Labute approximate surface area is 121 Å². The van der Waals surface area contributed by atoms with E-state index in [1.807, 2.05) is 7.11 Å². The van der Waals surface area contributed by atoms with E-state index in [0.29, 0.717) is 18.2 Å². The lowest BCUT2D eigenvalue weighted by molar-refractivity contribution is -0.192. The molecule has 3 unspecified atom stereocenters. The smallest absolute Gasteiger partial charge is 0.170 e. The van der Waals surface area contributed by atoms with Crippen LogP contribution in [0.15, 0.2) is 0 Å². The molecule has 3 fully saturated rings. The van der Waals surface area contributed by atoms with Gasteiger partial charge >= 0.3 is 0 Å². The van der Waals surface area contributed by atoms with Crippen LogP contribution in [0.2, 0.25) is 0 Å². The van der Waals surface area contributed by atoms with Gasteiger partial charge in [-0.2, -0.15) is 0 Å². The molecule has 0 bridgehead atoms. The predicted molar refractivity (Wildman–Crippen MR) is 76.7 cm³/mol. The molecule has 5 nitrogen and oxygen atoms in total. The Morgan fingerprint density at radius 3 is 2.75 bits per heavy atom. The van der Waals surface area contributed by atoms with Crippen molar-refractivity contribution in [1.82, 2.24) is 10.2 Å². The largest absolute Gasteiger partial charge is 0.380 e. The van der Waals surface area contributed by atoms with Crippen molar-refractivity contribution < 1.29 is 14.2 Å². The number of methoxy groups -OCH3 is 1. The summed E-state index contributed by atoms with van der Waals surface area (Å²) in [4.78, 5) is 2.58. The summed E-state index contributed by atoms with van der Waals surface area (Å²) in [5, 5.41) is 3.66. The van der Waals surface area contributed by atoms with Gasteiger partial charge in [-0.3, -0.25) is 4.90 Å². The van der Waals surface area contributed by atoms with Gasteiger partial charge in [0.2, 0.25) is 0 Å². The molecule has 3 rings (SSSR count). The van der Waals surface area contributed by atoms with E-state index >= 15 is 0 Å². The molecule has 0 aromatic carbocycles. The quantitative estimate of drug-likeness (QED) is 0.833. The molecule has 3 atom stereocenters. The van der Waals surface area contributed by atoms with Gasteiger partial charge in [-0.25, -0.2) is 0 Å². The highest BCUT2D eigenvalue weighted by Gasteiger charge is 2.47. The first-order valence-electron chi connectivity index (χ1n) is 8.04. The van der Waals surface area contributed by atoms with E-state index < -0.39 is 0 Å². The zero-order valence-corrected chi connectivity index (χ0v) is 12.8. The molecule has 0 radical (unpaired) electrons. The van der Waals surface area contributed by atoms with Gasteiger partial charge in [0.05, 0.1) is 19.3 Å². The molecule has 116 valence electrons. The van der Waals surface area contributed by atoms with E-state index in [0.717, 1.165) is 58.5 Å². The van der Waals surface area contributed by atoms with E-state index in [9.17, 15) is 0 Å². The number of nitrogens with one attached hydrogen (secondary N) is 1. The van der Waals surface area contributed by atoms with Gasteiger partial charge in [-0.15, -0.1) is 0 Å². The Morgan fingerprint density at radius 1 is 1.30 bits per heavy atom. The van der Waals surface area contributed by atoms with Crippen molar-refractivity contribution >= 4 is 0 Å². The van der Waals surface area contributed by atoms with Crippen molar-refractivity contribution in [3.8, 4) is 0 Å². The lowest BCUT2D eigenvalue weighted by atomic mass is 9.84. The van der Waals surface area contributed by atoms with E-state index in [-0.39, 0.29) is 5.79 Å². The standard InChI is InChI=1S/C15H28N2O3/c1-3-16-13-4-6-15(19-8-9-20-15)10-14(13)17-7-5-12(11-17)18-2/h12-14,16H,3-11H2,1-2H3. The number of nitrogens with zero attached hydrogens (tertiary/aromatic N) is 1. The van der Waals surface area contributed by atoms with Crippen LogP contribution in [0.3, 0.4) is 0 Å². The van der Waals surface area contributed by atoms with E-state index in [4.69, 9.17) is 14.2 Å². The topological polar surface area (TPSA) is 43.0 Å². The molecule has 2 saturated heterocycles. The van der Waals surface area contributed by atoms with Crippen LogP contribution in [0.4, 0.5) is 0 Å². The third-order valence-electron chi connectivity index (χ3n) is 5.08. The summed E-state index contributed by atoms with van der Waals surface area (Å²) in [6, 6.07) is 1.05. The average molecular weight is 284 g/mol. The van der Waals surface area contributed by atoms with Crippen LogP contribution in [0.5, 0.6) is 0 Å². The number of hydrogen-bond donors (Lipinski definition) is 1. The normalized spacial score (nSPS) is 37.8. The molecular formula is C15H28N2O3. The Hall–Kier alpha value is -0.200. The second-order valence-electron chi connectivity index (χ2n) is 6.22. The molecule has 1 spiro atoms. The molecule has 1 saturated carbocycles. The fourth-order valence-electron chi connectivity index (χ4n) is 4.02. The Kier molecular flexibility index (Phi) is 4.62. The van der Waals surface area contributed by atoms with E-state index in [2.05, 4.69) is 17.1 Å². The molecule has 0 aromatic heterocycles. The van der Waals surface area contributed by atoms with Gasteiger partial charge < -0.3 is 19.5 Å². The minimum Gasteiger partial charge on any atom is -0.380 e. The van der Waals surface area contributed by atoms with Crippen LogP contribution in [-0.4, -0.2) is 68.8 Å². The third-order valence-corrected chi connectivity index (χ3v) is 5.08. The summed E-state index contributed by atoms with van der Waals surface area (Å²) < 4.78 is 17.4. The zero-order valence-electron chi connectivity index (χ0n) is 12.8. The summed E-state index contributed by atoms with van der Waals surface area (Å²) >= 11 is 0. The van der Waals surface area contributed by atoms with Gasteiger partial charge in [0.15, 0.2) is 5.79 Å². The Morgan fingerprint density at radius 2 is 2.10 bits per heavy atom. The zero-order chi connectivity index (χ0) is 14.0. The SMILES string of the molecule is CCNC1CCC2(CC1N1CCC(OC)C1)OCCO2. The van der Waals surface area contributed by atoms with Crippen LogP contribution in [-0.2, 0) is 14.2 Å². The van der Waals surface area contributed by atoms with Gasteiger partial charge in [-0.05, 0) is 19.4 Å². The van der Waals surface area contributed by atoms with Crippen molar-refractivity contribution in [2.24, 2.45) is 0 Å². The van der Waals surface area contributed by atoms with Crippen molar-refractivity contribution in [1.29, 1.82) is 0 Å². The average Bonchev–Trinajstić information content (AvgIpc) is 3.11. The predicted octanol–water partition coefficient (Wildman–Crippen LogP) is 0.981. The second-order valence-corrected chi connectivity index (χ2v) is 6.22. The fourth-order valence-corrected chi connectivity index (χ4v) is 4.02. The van der Waals surface area contributed by atoms with E-state index in [1.54, 1.807) is 0 Å². The first kappa shape index (κ1) is 14.7.